The zero-order chi connectivity index (χ0) is 26.4. The van der Waals surface area contributed by atoms with E-state index in [-0.39, 0.29) is 35.4 Å². The molecule has 1 aliphatic rings. The predicted octanol–water partition coefficient (Wildman–Crippen LogP) is 4.86. The number of benzene rings is 3. The molecular formula is C26H21N3O7S. The highest BCUT2D eigenvalue weighted by molar-refractivity contribution is 8.18. The summed E-state index contributed by atoms with van der Waals surface area (Å²) in [7, 11) is 1.45. The molecule has 188 valence electrons. The van der Waals surface area contributed by atoms with Crippen molar-refractivity contribution in [1.82, 2.24) is 4.90 Å². The van der Waals surface area contributed by atoms with Crippen molar-refractivity contribution in [3.8, 4) is 11.5 Å². The first-order valence-corrected chi connectivity index (χ1v) is 11.8. The fourth-order valence-electron chi connectivity index (χ4n) is 3.55. The van der Waals surface area contributed by atoms with Crippen LogP contribution in [0.3, 0.4) is 0 Å². The quantitative estimate of drug-likeness (QED) is 0.241. The van der Waals surface area contributed by atoms with Crippen LogP contribution in [0.15, 0.2) is 77.7 Å². The smallest absolute Gasteiger partial charge is 0.293 e. The third kappa shape index (κ3) is 6.14. The van der Waals surface area contributed by atoms with Gasteiger partial charge in [-0.05, 0) is 41.6 Å². The van der Waals surface area contributed by atoms with Crippen molar-refractivity contribution in [1.29, 1.82) is 0 Å². The van der Waals surface area contributed by atoms with Crippen molar-refractivity contribution in [2.24, 2.45) is 0 Å². The second-order valence-electron chi connectivity index (χ2n) is 7.78. The number of hydrogen-bond acceptors (Lipinski definition) is 8. The standard InChI is InChI=1S/C26H21N3O7S/c1-35-21-12-6-8-18(24(21)36-16-23(30)27-19-9-3-2-4-10-19)14-22-25(31)28(26(32)37-22)15-17-7-5-11-20(13-17)29(33)34/h2-14H,15-16H2,1H3,(H,27,30)/b22-14+. The third-order valence-electron chi connectivity index (χ3n) is 5.26. The van der Waals surface area contributed by atoms with Gasteiger partial charge in [0.25, 0.3) is 22.7 Å². The monoisotopic (exact) mass is 519 g/mol. The van der Waals surface area contributed by atoms with Gasteiger partial charge in [-0.3, -0.25) is 29.4 Å². The number of nitro benzene ring substituents is 1. The molecule has 1 aliphatic heterocycles. The van der Waals surface area contributed by atoms with E-state index in [2.05, 4.69) is 5.32 Å². The molecule has 0 spiro atoms. The number of methoxy groups -OCH3 is 1. The predicted molar refractivity (Wildman–Crippen MR) is 138 cm³/mol. The van der Waals surface area contributed by atoms with Crippen LogP contribution in [-0.2, 0) is 16.1 Å². The summed E-state index contributed by atoms with van der Waals surface area (Å²) in [5.41, 5.74) is 1.38. The highest BCUT2D eigenvalue weighted by atomic mass is 32.2. The number of non-ortho nitro benzene ring substituents is 1. The molecule has 0 unspecified atom stereocenters. The molecule has 10 nitrogen and oxygen atoms in total. The van der Waals surface area contributed by atoms with Crippen molar-refractivity contribution in [2.75, 3.05) is 19.0 Å². The Kier molecular flexibility index (Phi) is 7.84. The first kappa shape index (κ1) is 25.5. The van der Waals surface area contributed by atoms with Crippen molar-refractivity contribution < 1.29 is 28.8 Å². The van der Waals surface area contributed by atoms with E-state index in [1.807, 2.05) is 6.07 Å². The summed E-state index contributed by atoms with van der Waals surface area (Å²) in [5.74, 6) is -0.354. The summed E-state index contributed by atoms with van der Waals surface area (Å²) in [6, 6.07) is 19.7. The van der Waals surface area contributed by atoms with Gasteiger partial charge >= 0.3 is 0 Å². The Hall–Kier alpha value is -4.64. The molecule has 0 bridgehead atoms. The number of nitro groups is 1. The van der Waals surface area contributed by atoms with Crippen molar-refractivity contribution in [3.05, 3.63) is 98.9 Å². The number of carbonyl (C=O) groups excluding carboxylic acids is 3. The van der Waals surface area contributed by atoms with E-state index in [4.69, 9.17) is 9.47 Å². The Morgan fingerprint density at radius 2 is 1.84 bits per heavy atom. The average Bonchev–Trinajstić information content (AvgIpc) is 3.15. The van der Waals surface area contributed by atoms with E-state index in [9.17, 15) is 24.5 Å². The maximum absolute atomic E-state index is 13.0. The van der Waals surface area contributed by atoms with Gasteiger partial charge in [0.15, 0.2) is 18.1 Å². The largest absolute Gasteiger partial charge is 0.493 e. The average molecular weight is 520 g/mol. The van der Waals surface area contributed by atoms with Crippen molar-refractivity contribution in [2.45, 2.75) is 6.54 Å². The van der Waals surface area contributed by atoms with Gasteiger partial charge in [0, 0.05) is 23.4 Å². The third-order valence-corrected chi connectivity index (χ3v) is 6.16. The molecule has 11 heteroatoms. The number of anilines is 1. The summed E-state index contributed by atoms with van der Waals surface area (Å²) in [5, 5.41) is 13.3. The molecule has 1 fully saturated rings. The normalized spacial score (nSPS) is 14.1. The SMILES string of the molecule is COc1cccc(/C=C2/SC(=O)N(Cc3cccc([N+](=O)[O-])c3)C2=O)c1OCC(=O)Nc1ccccc1. The van der Waals surface area contributed by atoms with Crippen molar-refractivity contribution >= 4 is 46.3 Å². The summed E-state index contributed by atoms with van der Waals surface area (Å²) in [6.45, 7) is -0.421. The van der Waals surface area contributed by atoms with E-state index in [0.29, 0.717) is 22.6 Å². The Morgan fingerprint density at radius 1 is 1.08 bits per heavy atom. The molecule has 3 aromatic rings. The number of para-hydroxylation sites is 2. The summed E-state index contributed by atoms with van der Waals surface area (Å²) in [4.78, 5) is 49.7. The van der Waals surface area contributed by atoms with Gasteiger partial charge in [0.1, 0.15) is 0 Å². The maximum Gasteiger partial charge on any atom is 0.293 e. The van der Waals surface area contributed by atoms with Gasteiger partial charge in [-0.15, -0.1) is 0 Å². The number of thioether (sulfide) groups is 1. The Bertz CT molecular complexity index is 1390. The van der Waals surface area contributed by atoms with Crippen LogP contribution in [0.5, 0.6) is 11.5 Å². The van der Waals surface area contributed by atoms with Crippen LogP contribution in [0.4, 0.5) is 16.2 Å². The number of nitrogens with one attached hydrogen (secondary N) is 1. The molecule has 37 heavy (non-hydrogen) atoms. The Balaban J connectivity index is 1.52. The molecule has 0 aromatic heterocycles. The zero-order valence-corrected chi connectivity index (χ0v) is 20.4. The van der Waals surface area contributed by atoms with Gasteiger partial charge in [0.05, 0.1) is 23.5 Å². The van der Waals surface area contributed by atoms with Gasteiger partial charge in [-0.1, -0.05) is 42.5 Å². The summed E-state index contributed by atoms with van der Waals surface area (Å²) >= 11 is 0.744. The molecular weight excluding hydrogens is 498 g/mol. The molecule has 4 rings (SSSR count). The van der Waals surface area contributed by atoms with Crippen LogP contribution in [0, 0.1) is 10.1 Å². The zero-order valence-electron chi connectivity index (χ0n) is 19.6. The number of ether oxygens (including phenoxy) is 2. The first-order valence-electron chi connectivity index (χ1n) is 11.0. The maximum atomic E-state index is 13.0. The van der Waals surface area contributed by atoms with E-state index < -0.39 is 16.1 Å². The van der Waals surface area contributed by atoms with E-state index in [1.165, 1.54) is 31.4 Å². The minimum absolute atomic E-state index is 0.106. The number of amides is 3. The number of hydrogen-bond donors (Lipinski definition) is 1. The van der Waals surface area contributed by atoms with Crippen molar-refractivity contribution in [3.63, 3.8) is 0 Å². The van der Waals surface area contributed by atoms with Crippen LogP contribution >= 0.6 is 11.8 Å². The molecule has 1 N–H and O–H groups in total. The van der Waals surface area contributed by atoms with Crippen LogP contribution < -0.4 is 14.8 Å². The van der Waals surface area contributed by atoms with E-state index in [1.54, 1.807) is 48.5 Å². The fourth-order valence-corrected chi connectivity index (χ4v) is 4.38. The lowest BCUT2D eigenvalue weighted by Crippen LogP contribution is -2.27. The minimum atomic E-state index is -0.544. The van der Waals surface area contributed by atoms with E-state index in [0.717, 1.165) is 16.7 Å². The summed E-state index contributed by atoms with van der Waals surface area (Å²) < 4.78 is 11.1. The lowest BCUT2D eigenvalue weighted by molar-refractivity contribution is -0.384. The van der Waals surface area contributed by atoms with Gasteiger partial charge in [-0.25, -0.2) is 0 Å². The molecule has 0 saturated carbocycles. The van der Waals surface area contributed by atoms with Crippen LogP contribution in [-0.4, -0.2) is 40.6 Å². The molecule has 3 amide bonds. The van der Waals surface area contributed by atoms with Crippen LogP contribution in [0.25, 0.3) is 6.08 Å². The molecule has 1 heterocycles. The Labute approximate surface area is 216 Å². The highest BCUT2D eigenvalue weighted by Gasteiger charge is 2.35. The molecule has 3 aromatic carbocycles. The number of carbonyl (C=O) groups is 3. The Morgan fingerprint density at radius 3 is 2.57 bits per heavy atom. The van der Waals surface area contributed by atoms with Gasteiger partial charge in [-0.2, -0.15) is 0 Å². The number of rotatable bonds is 9. The van der Waals surface area contributed by atoms with Crippen LogP contribution in [0.1, 0.15) is 11.1 Å². The lowest BCUT2D eigenvalue weighted by Gasteiger charge is -2.14. The number of nitrogens with zero attached hydrogens (tertiary/aromatic N) is 2. The molecule has 0 radical (unpaired) electrons. The first-order chi connectivity index (χ1) is 17.9. The molecule has 1 saturated heterocycles. The second kappa shape index (κ2) is 11.4. The molecule has 0 aliphatic carbocycles. The summed E-state index contributed by atoms with van der Waals surface area (Å²) in [6.07, 6.45) is 1.49. The van der Waals surface area contributed by atoms with Crippen LogP contribution in [0.2, 0.25) is 0 Å². The minimum Gasteiger partial charge on any atom is -0.493 e. The fraction of sp³-hybridized carbons (Fsp3) is 0.115. The lowest BCUT2D eigenvalue weighted by atomic mass is 10.1. The highest BCUT2D eigenvalue weighted by Crippen LogP contribution is 2.38. The van der Waals surface area contributed by atoms with E-state index >= 15 is 0 Å². The topological polar surface area (TPSA) is 128 Å². The number of imide groups is 1. The molecule has 0 atom stereocenters. The van der Waals surface area contributed by atoms with Gasteiger partial charge in [0.2, 0.25) is 0 Å². The van der Waals surface area contributed by atoms with Gasteiger partial charge < -0.3 is 14.8 Å². The second-order valence-corrected chi connectivity index (χ2v) is 8.77.